The number of rotatable bonds is 8. The third-order valence-corrected chi connectivity index (χ3v) is 3.31. The summed E-state index contributed by atoms with van der Waals surface area (Å²) in [6.07, 6.45) is 0.487. The number of aldehydes is 1. The van der Waals surface area contributed by atoms with Gasteiger partial charge in [-0.25, -0.2) is 0 Å². The smallest absolute Gasteiger partial charge is 0.489 e. The zero-order chi connectivity index (χ0) is 18.4. The standard InChI is InChI=1S/C16H15BF2O6/c1-23-15-6-10(2-5-14(15)25-16(18)19)9-24-12-3-4-13(17(21)22)11(7-12)8-20/h2-8,16,21-22H,9H2,1H3. The van der Waals surface area contributed by atoms with E-state index in [9.17, 15) is 13.6 Å². The Kier molecular flexibility index (Phi) is 6.32. The van der Waals surface area contributed by atoms with Gasteiger partial charge < -0.3 is 24.3 Å². The average Bonchev–Trinajstić information content (AvgIpc) is 2.59. The maximum Gasteiger partial charge on any atom is 0.489 e. The molecular formula is C16H15BF2O6. The van der Waals surface area contributed by atoms with Gasteiger partial charge in [0, 0.05) is 5.56 Å². The summed E-state index contributed by atoms with van der Waals surface area (Å²) in [5.74, 6) is 0.373. The van der Waals surface area contributed by atoms with E-state index in [4.69, 9.17) is 19.5 Å². The number of carbonyl (C=O) groups excluding carboxylic acids is 1. The second-order valence-corrected chi connectivity index (χ2v) is 4.93. The number of hydrogen-bond acceptors (Lipinski definition) is 6. The first-order valence-corrected chi connectivity index (χ1v) is 7.14. The molecule has 2 N–H and O–H groups in total. The topological polar surface area (TPSA) is 85.2 Å². The van der Waals surface area contributed by atoms with Gasteiger partial charge in [0.1, 0.15) is 18.6 Å². The summed E-state index contributed by atoms with van der Waals surface area (Å²) in [7, 11) is -0.436. The van der Waals surface area contributed by atoms with Crippen molar-refractivity contribution in [3.63, 3.8) is 0 Å². The molecule has 25 heavy (non-hydrogen) atoms. The van der Waals surface area contributed by atoms with E-state index in [1.54, 1.807) is 0 Å². The molecule has 0 aliphatic heterocycles. The van der Waals surface area contributed by atoms with Crippen molar-refractivity contribution >= 4 is 18.9 Å². The highest BCUT2D eigenvalue weighted by molar-refractivity contribution is 6.60. The van der Waals surface area contributed by atoms with Crippen LogP contribution in [0, 0.1) is 0 Å². The van der Waals surface area contributed by atoms with Crippen molar-refractivity contribution < 1.29 is 37.8 Å². The van der Waals surface area contributed by atoms with E-state index in [1.165, 1.54) is 43.5 Å². The minimum atomic E-state index is -2.96. The third kappa shape index (κ3) is 4.91. The van der Waals surface area contributed by atoms with Crippen LogP contribution in [-0.4, -0.2) is 37.2 Å². The lowest BCUT2D eigenvalue weighted by Gasteiger charge is -2.13. The maximum absolute atomic E-state index is 12.3. The molecule has 0 saturated carbocycles. The van der Waals surface area contributed by atoms with Crippen molar-refractivity contribution in [2.24, 2.45) is 0 Å². The van der Waals surface area contributed by atoms with Crippen molar-refractivity contribution in [1.82, 2.24) is 0 Å². The van der Waals surface area contributed by atoms with Crippen molar-refractivity contribution in [3.05, 3.63) is 47.5 Å². The van der Waals surface area contributed by atoms with Gasteiger partial charge in [0.15, 0.2) is 11.5 Å². The molecule has 132 valence electrons. The quantitative estimate of drug-likeness (QED) is 0.551. The predicted octanol–water partition coefficient (Wildman–Crippen LogP) is 1.37. The van der Waals surface area contributed by atoms with E-state index in [-0.39, 0.29) is 29.1 Å². The van der Waals surface area contributed by atoms with Gasteiger partial charge in [-0.15, -0.1) is 0 Å². The van der Waals surface area contributed by atoms with Crippen LogP contribution in [0.3, 0.4) is 0 Å². The lowest BCUT2D eigenvalue weighted by molar-refractivity contribution is -0.0512. The number of hydrogen-bond donors (Lipinski definition) is 2. The van der Waals surface area contributed by atoms with Gasteiger partial charge in [-0.2, -0.15) is 8.78 Å². The number of carbonyl (C=O) groups is 1. The van der Waals surface area contributed by atoms with Crippen LogP contribution in [0.2, 0.25) is 0 Å². The van der Waals surface area contributed by atoms with Gasteiger partial charge >= 0.3 is 13.7 Å². The molecule has 9 heteroatoms. The lowest BCUT2D eigenvalue weighted by Crippen LogP contribution is -2.32. The second kappa shape index (κ2) is 8.45. The lowest BCUT2D eigenvalue weighted by atomic mass is 9.77. The van der Waals surface area contributed by atoms with E-state index < -0.39 is 13.7 Å². The van der Waals surface area contributed by atoms with Gasteiger partial charge in [-0.05, 0) is 35.3 Å². The first-order chi connectivity index (χ1) is 11.9. The molecule has 0 spiro atoms. The highest BCUT2D eigenvalue weighted by Crippen LogP contribution is 2.29. The Bertz CT molecular complexity index is 739. The number of alkyl halides is 2. The summed E-state index contributed by atoms with van der Waals surface area (Å²) in [5.41, 5.74) is 0.778. The first kappa shape index (κ1) is 18.7. The molecule has 0 bridgehead atoms. The van der Waals surface area contributed by atoms with E-state index in [1.807, 2.05) is 0 Å². The second-order valence-electron chi connectivity index (χ2n) is 4.93. The zero-order valence-electron chi connectivity index (χ0n) is 13.2. The Hall–Kier alpha value is -2.65. The minimum absolute atomic E-state index is 0.0671. The number of benzene rings is 2. The summed E-state index contributed by atoms with van der Waals surface area (Å²) >= 11 is 0. The molecule has 0 atom stereocenters. The van der Waals surface area contributed by atoms with Crippen molar-refractivity contribution in [2.45, 2.75) is 13.2 Å². The van der Waals surface area contributed by atoms with E-state index >= 15 is 0 Å². The Morgan fingerprint density at radius 1 is 1.16 bits per heavy atom. The van der Waals surface area contributed by atoms with E-state index in [2.05, 4.69) is 4.74 Å². The Morgan fingerprint density at radius 3 is 2.52 bits per heavy atom. The van der Waals surface area contributed by atoms with Gasteiger partial charge in [-0.1, -0.05) is 12.1 Å². The van der Waals surface area contributed by atoms with E-state index in [0.717, 1.165) is 0 Å². The molecule has 2 rings (SSSR count). The number of ether oxygens (including phenoxy) is 3. The fourth-order valence-corrected chi connectivity index (χ4v) is 2.14. The molecule has 0 radical (unpaired) electrons. The largest absolute Gasteiger partial charge is 0.493 e. The Balaban J connectivity index is 2.12. The molecule has 0 aliphatic carbocycles. The SMILES string of the molecule is COc1cc(COc2ccc(B(O)O)c(C=O)c2)ccc1OC(F)F. The maximum atomic E-state index is 12.3. The molecule has 6 nitrogen and oxygen atoms in total. The average molecular weight is 352 g/mol. The van der Waals surface area contributed by atoms with Crippen LogP contribution in [0.25, 0.3) is 0 Å². The molecule has 2 aromatic carbocycles. The van der Waals surface area contributed by atoms with Gasteiger partial charge in [0.05, 0.1) is 7.11 Å². The van der Waals surface area contributed by atoms with Gasteiger partial charge in [0.25, 0.3) is 0 Å². The molecule has 0 amide bonds. The number of methoxy groups -OCH3 is 1. The first-order valence-electron chi connectivity index (χ1n) is 7.14. The fraction of sp³-hybridized carbons (Fsp3) is 0.188. The monoisotopic (exact) mass is 352 g/mol. The summed E-state index contributed by atoms with van der Waals surface area (Å²) in [6.45, 7) is -2.89. The normalized spacial score (nSPS) is 10.5. The Labute approximate surface area is 142 Å². The van der Waals surface area contributed by atoms with Gasteiger partial charge in [-0.3, -0.25) is 4.79 Å². The van der Waals surface area contributed by atoms with Gasteiger partial charge in [0.2, 0.25) is 0 Å². The molecule has 0 heterocycles. The van der Waals surface area contributed by atoms with Crippen LogP contribution in [-0.2, 0) is 6.61 Å². The fourth-order valence-electron chi connectivity index (χ4n) is 2.14. The van der Waals surface area contributed by atoms with Crippen molar-refractivity contribution in [3.8, 4) is 17.2 Å². The molecule has 0 fully saturated rings. The molecule has 0 aromatic heterocycles. The summed E-state index contributed by atoms with van der Waals surface area (Å²) in [4.78, 5) is 11.0. The van der Waals surface area contributed by atoms with Crippen molar-refractivity contribution in [1.29, 1.82) is 0 Å². The van der Waals surface area contributed by atoms with Crippen LogP contribution in [0.1, 0.15) is 15.9 Å². The highest BCUT2D eigenvalue weighted by atomic mass is 19.3. The highest BCUT2D eigenvalue weighted by Gasteiger charge is 2.16. The van der Waals surface area contributed by atoms with Crippen LogP contribution in [0.5, 0.6) is 17.2 Å². The number of halogens is 2. The zero-order valence-corrected chi connectivity index (χ0v) is 13.2. The predicted molar refractivity (Wildman–Crippen MR) is 85.6 cm³/mol. The summed E-state index contributed by atoms with van der Waals surface area (Å²) in [5, 5.41) is 18.3. The minimum Gasteiger partial charge on any atom is -0.493 e. The molecule has 0 aliphatic rings. The van der Waals surface area contributed by atoms with Crippen LogP contribution < -0.4 is 19.7 Å². The van der Waals surface area contributed by atoms with Crippen LogP contribution >= 0.6 is 0 Å². The molecule has 0 unspecified atom stereocenters. The molecule has 0 saturated heterocycles. The Morgan fingerprint density at radius 2 is 1.92 bits per heavy atom. The summed E-state index contributed by atoms with van der Waals surface area (Å²) in [6, 6.07) is 8.58. The molecular weight excluding hydrogens is 337 g/mol. The van der Waals surface area contributed by atoms with Crippen molar-refractivity contribution in [2.75, 3.05) is 7.11 Å². The van der Waals surface area contributed by atoms with Crippen LogP contribution in [0.15, 0.2) is 36.4 Å². The third-order valence-electron chi connectivity index (χ3n) is 3.31. The summed E-state index contributed by atoms with van der Waals surface area (Å²) < 4.78 is 39.5. The molecule has 2 aromatic rings. The van der Waals surface area contributed by atoms with Crippen LogP contribution in [0.4, 0.5) is 8.78 Å². The van der Waals surface area contributed by atoms with E-state index in [0.29, 0.717) is 17.6 Å².